The van der Waals surface area contributed by atoms with Crippen LogP contribution in [0.5, 0.6) is 0 Å². The molecular formula is C18H30FeO6. The first-order valence-corrected chi connectivity index (χ1v) is 7.18. The summed E-state index contributed by atoms with van der Waals surface area (Å²) < 4.78 is 14.1. The Balaban J connectivity index is -0.000000130. The largest absolute Gasteiger partial charge is 0.501 e. The molecule has 0 aliphatic heterocycles. The first-order valence-electron chi connectivity index (χ1n) is 7.18. The molecule has 0 aliphatic rings. The van der Waals surface area contributed by atoms with Crippen LogP contribution in [0.25, 0.3) is 0 Å². The molecule has 0 amide bonds. The third kappa shape index (κ3) is 34.5. The van der Waals surface area contributed by atoms with Gasteiger partial charge in [0, 0.05) is 35.3 Å². The van der Waals surface area contributed by atoms with Crippen LogP contribution in [0, 0.1) is 0 Å². The molecule has 0 aromatic rings. The fourth-order valence-electron chi connectivity index (χ4n) is 1.04. The van der Waals surface area contributed by atoms with Gasteiger partial charge in [-0.1, -0.05) is 0 Å². The van der Waals surface area contributed by atoms with Crippen molar-refractivity contribution in [2.75, 3.05) is 21.3 Å². The van der Waals surface area contributed by atoms with E-state index in [9.17, 15) is 14.4 Å². The third-order valence-corrected chi connectivity index (χ3v) is 2.19. The van der Waals surface area contributed by atoms with Gasteiger partial charge in [-0.15, -0.1) is 0 Å². The van der Waals surface area contributed by atoms with Crippen molar-refractivity contribution in [3.05, 3.63) is 35.5 Å². The van der Waals surface area contributed by atoms with E-state index in [0.29, 0.717) is 17.3 Å². The topological polar surface area (TPSA) is 78.9 Å². The summed E-state index contributed by atoms with van der Waals surface area (Å²) in [7, 11) is 4.61. The Morgan fingerprint density at radius 2 is 0.680 bits per heavy atom. The molecule has 146 valence electrons. The minimum Gasteiger partial charge on any atom is -0.501 e. The Morgan fingerprint density at radius 3 is 0.720 bits per heavy atom. The van der Waals surface area contributed by atoms with Crippen LogP contribution in [-0.4, -0.2) is 38.7 Å². The Hall–Kier alpha value is -1.85. The van der Waals surface area contributed by atoms with Crippen LogP contribution in [0.2, 0.25) is 0 Å². The Bertz CT molecular complexity index is 418. The summed E-state index contributed by atoms with van der Waals surface area (Å²) in [5.41, 5.74) is 0. The quantitative estimate of drug-likeness (QED) is 0.388. The van der Waals surface area contributed by atoms with E-state index < -0.39 is 0 Å². The first-order chi connectivity index (χ1) is 11.0. The van der Waals surface area contributed by atoms with Crippen LogP contribution in [0.15, 0.2) is 35.5 Å². The van der Waals surface area contributed by atoms with Crippen LogP contribution < -0.4 is 0 Å². The molecule has 0 spiro atoms. The summed E-state index contributed by atoms with van der Waals surface area (Å²) in [6.07, 6.45) is 4.33. The monoisotopic (exact) mass is 398 g/mol. The van der Waals surface area contributed by atoms with E-state index in [2.05, 4.69) is 0 Å². The molecule has 25 heavy (non-hydrogen) atoms. The second kappa shape index (κ2) is 20.2. The number of carbonyl (C=O) groups is 3. The number of allylic oxidation sites excluding steroid dienone is 6. The second-order valence-electron chi connectivity index (χ2n) is 4.71. The van der Waals surface area contributed by atoms with Gasteiger partial charge in [0.25, 0.3) is 0 Å². The zero-order chi connectivity index (χ0) is 19.7. The predicted octanol–water partition coefficient (Wildman–Crippen LogP) is 3.37. The summed E-state index contributed by atoms with van der Waals surface area (Å²) >= 11 is 0. The number of ketones is 3. The molecule has 0 radical (unpaired) electrons. The minimum absolute atomic E-state index is 0. The summed E-state index contributed by atoms with van der Waals surface area (Å²) in [5.74, 6) is 2.01. The van der Waals surface area contributed by atoms with Crippen molar-refractivity contribution >= 4 is 17.3 Å². The van der Waals surface area contributed by atoms with Crippen molar-refractivity contribution in [3.8, 4) is 0 Å². The zero-order valence-corrected chi connectivity index (χ0v) is 17.6. The van der Waals surface area contributed by atoms with Crippen molar-refractivity contribution in [2.45, 2.75) is 41.5 Å². The van der Waals surface area contributed by atoms with Crippen LogP contribution in [0.3, 0.4) is 0 Å². The average Bonchev–Trinajstić information content (AvgIpc) is 2.46. The second-order valence-corrected chi connectivity index (χ2v) is 4.71. The molecule has 0 saturated carbocycles. The van der Waals surface area contributed by atoms with Gasteiger partial charge < -0.3 is 14.2 Å². The molecule has 0 heterocycles. The molecule has 0 N–H and O–H groups in total. The van der Waals surface area contributed by atoms with Gasteiger partial charge in [-0.3, -0.25) is 14.4 Å². The standard InChI is InChI=1S/3C6H10O2.Fe/c3*1-5(7)4-6(2)8-3;/h3*4H,1-3H3;. The maximum absolute atomic E-state index is 10.3. The van der Waals surface area contributed by atoms with E-state index >= 15 is 0 Å². The van der Waals surface area contributed by atoms with Crippen molar-refractivity contribution < 1.29 is 45.7 Å². The SMILES string of the molecule is COC(C)=CC(C)=O.COC(C)=CC(C)=O.COC(C)=CC(C)=O.[Fe]. The number of rotatable bonds is 6. The minimum atomic E-state index is 0. The molecule has 0 rings (SSSR count). The van der Waals surface area contributed by atoms with Gasteiger partial charge in [0.05, 0.1) is 38.6 Å². The Kier molecular flexibility index (Phi) is 25.0. The van der Waals surface area contributed by atoms with E-state index in [4.69, 9.17) is 14.2 Å². The van der Waals surface area contributed by atoms with Gasteiger partial charge >= 0.3 is 0 Å². The number of methoxy groups -OCH3 is 3. The van der Waals surface area contributed by atoms with Crippen LogP contribution in [0.4, 0.5) is 0 Å². The summed E-state index contributed by atoms with van der Waals surface area (Å²) in [5, 5.41) is 0. The Morgan fingerprint density at radius 1 is 0.520 bits per heavy atom. The summed E-state index contributed by atoms with van der Waals surface area (Å²) in [6.45, 7) is 9.68. The van der Waals surface area contributed by atoms with E-state index in [-0.39, 0.29) is 34.4 Å². The van der Waals surface area contributed by atoms with Crippen molar-refractivity contribution in [3.63, 3.8) is 0 Å². The van der Waals surface area contributed by atoms with E-state index in [0.717, 1.165) is 0 Å². The van der Waals surface area contributed by atoms with Crippen molar-refractivity contribution in [1.29, 1.82) is 0 Å². The predicted molar refractivity (Wildman–Crippen MR) is 94.3 cm³/mol. The molecule has 0 atom stereocenters. The molecule has 0 fully saturated rings. The smallest absolute Gasteiger partial charge is 0.155 e. The number of hydrogen-bond donors (Lipinski definition) is 0. The molecule has 0 aromatic heterocycles. The molecule has 0 unspecified atom stereocenters. The van der Waals surface area contributed by atoms with Gasteiger partial charge in [-0.2, -0.15) is 0 Å². The summed E-state index contributed by atoms with van der Waals surface area (Å²) in [4.78, 5) is 30.8. The van der Waals surface area contributed by atoms with Crippen molar-refractivity contribution in [1.82, 2.24) is 0 Å². The number of ether oxygens (including phenoxy) is 3. The van der Waals surface area contributed by atoms with Gasteiger partial charge in [0.2, 0.25) is 0 Å². The van der Waals surface area contributed by atoms with E-state index in [1.807, 2.05) is 0 Å². The number of carbonyl (C=O) groups excluding carboxylic acids is 3. The van der Waals surface area contributed by atoms with Gasteiger partial charge in [0.1, 0.15) is 0 Å². The van der Waals surface area contributed by atoms with E-state index in [1.54, 1.807) is 20.8 Å². The van der Waals surface area contributed by atoms with Crippen molar-refractivity contribution in [2.24, 2.45) is 0 Å². The molecular weight excluding hydrogens is 368 g/mol. The van der Waals surface area contributed by atoms with Gasteiger partial charge in [-0.25, -0.2) is 0 Å². The fraction of sp³-hybridized carbons (Fsp3) is 0.500. The maximum Gasteiger partial charge on any atom is 0.155 e. The van der Waals surface area contributed by atoms with Crippen LogP contribution in [0.1, 0.15) is 41.5 Å². The number of hydrogen-bond acceptors (Lipinski definition) is 6. The molecule has 6 nitrogen and oxygen atoms in total. The van der Waals surface area contributed by atoms with Gasteiger partial charge in [0.15, 0.2) is 17.3 Å². The molecule has 0 aliphatic carbocycles. The maximum atomic E-state index is 10.3. The molecule has 0 saturated heterocycles. The zero-order valence-electron chi connectivity index (χ0n) is 16.5. The normalized spacial score (nSPS) is 10.7. The molecule has 0 bridgehead atoms. The molecule has 7 heteroatoms. The van der Waals surface area contributed by atoms with Crippen LogP contribution >= 0.6 is 0 Å². The fourth-order valence-corrected chi connectivity index (χ4v) is 1.04. The third-order valence-electron chi connectivity index (χ3n) is 2.19. The average molecular weight is 398 g/mol. The van der Waals surface area contributed by atoms with Gasteiger partial charge in [-0.05, 0) is 41.5 Å². The molecule has 0 aromatic carbocycles. The first kappa shape index (κ1) is 31.0. The Labute approximate surface area is 161 Å². The summed E-state index contributed by atoms with van der Waals surface area (Å²) in [6, 6.07) is 0. The van der Waals surface area contributed by atoms with Crippen LogP contribution in [-0.2, 0) is 45.7 Å². The van der Waals surface area contributed by atoms with E-state index in [1.165, 1.54) is 60.3 Å².